The van der Waals surface area contributed by atoms with Crippen LogP contribution in [0.2, 0.25) is 0 Å². The van der Waals surface area contributed by atoms with Gasteiger partial charge in [0.25, 0.3) is 5.91 Å². The molecule has 6 heteroatoms. The summed E-state index contributed by atoms with van der Waals surface area (Å²) in [5.74, 6) is -0.566. The molecule has 0 aliphatic carbocycles. The van der Waals surface area contributed by atoms with E-state index in [0.717, 1.165) is 25.3 Å². The van der Waals surface area contributed by atoms with Gasteiger partial charge in [-0.2, -0.15) is 0 Å². The fourth-order valence-electron chi connectivity index (χ4n) is 3.08. The molecule has 0 saturated heterocycles. The molecule has 0 saturated carbocycles. The number of benzene rings is 2. The Morgan fingerprint density at radius 3 is 2.10 bits per heavy atom. The number of amides is 1. The third kappa shape index (κ3) is 5.58. The highest BCUT2D eigenvalue weighted by molar-refractivity contribution is 6.04. The summed E-state index contributed by atoms with van der Waals surface area (Å²) in [7, 11) is 0. The minimum Gasteiger partial charge on any atom is -0.461 e. The maximum Gasteiger partial charge on any atom is 0.338 e. The first-order valence-corrected chi connectivity index (χ1v) is 10.1. The second kappa shape index (κ2) is 10.4. The number of hydrogen-bond donors (Lipinski definition) is 1. The standard InChI is InChI=1S/C24H27N3O3/c1-3-26(4-2)17-18-30-24(29)20-7-11-21(12-8-20)25-23(28)19-9-13-22(14-10-19)27-15-5-6-16-27/h5-16H,3-4,17-18H2,1-2H3,(H,25,28). The first-order valence-electron chi connectivity index (χ1n) is 10.1. The number of nitrogens with zero attached hydrogens (tertiary/aromatic N) is 2. The molecule has 1 amide bonds. The van der Waals surface area contributed by atoms with Gasteiger partial charge in [0.15, 0.2) is 0 Å². The molecule has 1 aromatic heterocycles. The van der Waals surface area contributed by atoms with Gasteiger partial charge >= 0.3 is 5.97 Å². The largest absolute Gasteiger partial charge is 0.461 e. The Kier molecular flexibility index (Phi) is 7.40. The Balaban J connectivity index is 1.53. The van der Waals surface area contributed by atoms with Gasteiger partial charge in [-0.25, -0.2) is 4.79 Å². The van der Waals surface area contributed by atoms with E-state index in [0.29, 0.717) is 23.4 Å². The molecule has 0 unspecified atom stereocenters. The number of esters is 1. The van der Waals surface area contributed by atoms with Crippen LogP contribution in [0.3, 0.4) is 0 Å². The van der Waals surface area contributed by atoms with E-state index in [1.54, 1.807) is 36.4 Å². The molecule has 0 bridgehead atoms. The monoisotopic (exact) mass is 405 g/mol. The predicted molar refractivity (Wildman–Crippen MR) is 118 cm³/mol. The predicted octanol–water partition coefficient (Wildman–Crippen LogP) is 4.23. The summed E-state index contributed by atoms with van der Waals surface area (Å²) in [5, 5.41) is 2.85. The molecule has 3 rings (SSSR count). The lowest BCUT2D eigenvalue weighted by molar-refractivity contribution is 0.0466. The van der Waals surface area contributed by atoms with Crippen molar-refractivity contribution in [3.8, 4) is 5.69 Å². The van der Waals surface area contributed by atoms with Crippen molar-refractivity contribution in [1.29, 1.82) is 0 Å². The summed E-state index contributed by atoms with van der Waals surface area (Å²) in [6.45, 7) is 7.09. The van der Waals surface area contributed by atoms with Gasteiger partial charge < -0.3 is 19.5 Å². The number of rotatable bonds is 9. The van der Waals surface area contributed by atoms with E-state index in [4.69, 9.17) is 4.74 Å². The van der Waals surface area contributed by atoms with Crippen LogP contribution >= 0.6 is 0 Å². The molecule has 0 aliphatic rings. The van der Waals surface area contributed by atoms with Gasteiger partial charge in [0.2, 0.25) is 0 Å². The number of carbonyl (C=O) groups excluding carboxylic acids is 2. The van der Waals surface area contributed by atoms with Crippen LogP contribution < -0.4 is 5.32 Å². The lowest BCUT2D eigenvalue weighted by Gasteiger charge is -2.17. The Hall–Kier alpha value is -3.38. The quantitative estimate of drug-likeness (QED) is 0.541. The average molecular weight is 405 g/mol. The molecule has 0 aliphatic heterocycles. The minimum atomic E-state index is -0.361. The van der Waals surface area contributed by atoms with E-state index < -0.39 is 0 Å². The zero-order valence-corrected chi connectivity index (χ0v) is 17.4. The van der Waals surface area contributed by atoms with Gasteiger partial charge in [0.05, 0.1) is 5.56 Å². The molecule has 6 nitrogen and oxygen atoms in total. The van der Waals surface area contributed by atoms with Crippen molar-refractivity contribution in [2.75, 3.05) is 31.6 Å². The lowest BCUT2D eigenvalue weighted by Crippen LogP contribution is -2.27. The second-order valence-electron chi connectivity index (χ2n) is 6.83. The topological polar surface area (TPSA) is 63.6 Å². The van der Waals surface area contributed by atoms with E-state index >= 15 is 0 Å². The number of likely N-dealkylation sites (N-methyl/N-ethyl adjacent to an activating group) is 1. The van der Waals surface area contributed by atoms with Crippen molar-refractivity contribution in [3.63, 3.8) is 0 Å². The second-order valence-corrected chi connectivity index (χ2v) is 6.83. The van der Waals surface area contributed by atoms with Gasteiger partial charge in [-0.05, 0) is 73.8 Å². The van der Waals surface area contributed by atoms with Crippen molar-refractivity contribution >= 4 is 17.6 Å². The maximum absolute atomic E-state index is 12.5. The summed E-state index contributed by atoms with van der Waals surface area (Å²) in [6.07, 6.45) is 3.90. The highest BCUT2D eigenvalue weighted by Gasteiger charge is 2.10. The molecule has 3 aromatic rings. The third-order valence-corrected chi connectivity index (χ3v) is 4.95. The van der Waals surface area contributed by atoms with Crippen molar-refractivity contribution in [2.24, 2.45) is 0 Å². The highest BCUT2D eigenvalue weighted by Crippen LogP contribution is 2.14. The summed E-state index contributed by atoms with van der Waals surface area (Å²) in [6, 6.07) is 18.0. The van der Waals surface area contributed by atoms with Gasteiger partial charge in [-0.15, -0.1) is 0 Å². The Labute approximate surface area is 177 Å². The summed E-state index contributed by atoms with van der Waals surface area (Å²) in [5.41, 5.74) is 2.63. The highest BCUT2D eigenvalue weighted by atomic mass is 16.5. The van der Waals surface area contributed by atoms with Crippen molar-refractivity contribution in [3.05, 3.63) is 84.2 Å². The lowest BCUT2D eigenvalue weighted by atomic mass is 10.1. The number of anilines is 1. The number of nitrogens with one attached hydrogen (secondary N) is 1. The van der Waals surface area contributed by atoms with Crippen LogP contribution in [0.15, 0.2) is 73.1 Å². The maximum atomic E-state index is 12.5. The fourth-order valence-corrected chi connectivity index (χ4v) is 3.08. The van der Waals surface area contributed by atoms with E-state index in [-0.39, 0.29) is 11.9 Å². The smallest absolute Gasteiger partial charge is 0.338 e. The zero-order valence-electron chi connectivity index (χ0n) is 17.4. The molecular formula is C24H27N3O3. The molecule has 0 fully saturated rings. The Bertz CT molecular complexity index is 944. The molecule has 0 radical (unpaired) electrons. The van der Waals surface area contributed by atoms with Crippen LogP contribution in [-0.2, 0) is 4.74 Å². The first kappa shape index (κ1) is 21.3. The molecule has 0 spiro atoms. The summed E-state index contributed by atoms with van der Waals surface area (Å²) < 4.78 is 7.30. The molecule has 1 N–H and O–H groups in total. The molecule has 0 atom stereocenters. The molecule has 30 heavy (non-hydrogen) atoms. The Morgan fingerprint density at radius 1 is 0.900 bits per heavy atom. The zero-order chi connectivity index (χ0) is 21.3. The Morgan fingerprint density at radius 2 is 1.50 bits per heavy atom. The summed E-state index contributed by atoms with van der Waals surface area (Å²) >= 11 is 0. The molecule has 1 heterocycles. The fraction of sp³-hybridized carbons (Fsp3) is 0.250. The number of hydrogen-bond acceptors (Lipinski definition) is 4. The van der Waals surface area contributed by atoms with Crippen molar-refractivity contribution in [1.82, 2.24) is 9.47 Å². The van der Waals surface area contributed by atoms with Crippen LogP contribution in [0.4, 0.5) is 5.69 Å². The van der Waals surface area contributed by atoms with E-state index in [9.17, 15) is 9.59 Å². The minimum absolute atomic E-state index is 0.205. The van der Waals surface area contributed by atoms with E-state index in [2.05, 4.69) is 24.1 Å². The average Bonchev–Trinajstić information content (AvgIpc) is 3.32. The normalized spacial score (nSPS) is 10.8. The van der Waals surface area contributed by atoms with Crippen molar-refractivity contribution in [2.45, 2.75) is 13.8 Å². The SMILES string of the molecule is CCN(CC)CCOC(=O)c1ccc(NC(=O)c2ccc(-n3cccc3)cc2)cc1. The van der Waals surface area contributed by atoms with Gasteiger partial charge in [0, 0.05) is 35.9 Å². The summed E-state index contributed by atoms with van der Waals surface area (Å²) in [4.78, 5) is 26.8. The van der Waals surface area contributed by atoms with Crippen LogP contribution in [0.25, 0.3) is 5.69 Å². The van der Waals surface area contributed by atoms with Gasteiger partial charge in [-0.3, -0.25) is 4.79 Å². The first-order chi connectivity index (χ1) is 14.6. The van der Waals surface area contributed by atoms with Crippen LogP contribution in [0, 0.1) is 0 Å². The van der Waals surface area contributed by atoms with Gasteiger partial charge in [-0.1, -0.05) is 13.8 Å². The molecule has 156 valence electrons. The van der Waals surface area contributed by atoms with Crippen molar-refractivity contribution < 1.29 is 14.3 Å². The number of ether oxygens (including phenoxy) is 1. The number of carbonyl (C=O) groups is 2. The molecular weight excluding hydrogens is 378 g/mol. The molecule has 2 aromatic carbocycles. The number of aromatic nitrogens is 1. The van der Waals surface area contributed by atoms with Crippen LogP contribution in [0.5, 0.6) is 0 Å². The third-order valence-electron chi connectivity index (χ3n) is 4.95. The van der Waals surface area contributed by atoms with Crippen LogP contribution in [0.1, 0.15) is 34.6 Å². The van der Waals surface area contributed by atoms with Gasteiger partial charge in [0.1, 0.15) is 6.61 Å². The van der Waals surface area contributed by atoms with Crippen LogP contribution in [-0.4, -0.2) is 47.6 Å². The van der Waals surface area contributed by atoms with E-state index in [1.807, 2.05) is 41.2 Å². The van der Waals surface area contributed by atoms with E-state index in [1.165, 1.54) is 0 Å².